The SMILES string of the molecule is N#Cc1c(-n2c3ccccc3c3ccccc32)c(C#N)c(-n2c3ccccc3c3c2ccc2c4ccccc4n(-c4ccccc4)c23)c(-n2c3ccccc3c3ccccc32)c1-n1c2ccccc2c2ccccc21. The summed E-state index contributed by atoms with van der Waals surface area (Å²) in [6.45, 7) is 0. The van der Waals surface area contributed by atoms with Crippen LogP contribution >= 0.6 is 0 Å². The molecule has 0 atom stereocenters. The van der Waals surface area contributed by atoms with Gasteiger partial charge in [0.25, 0.3) is 0 Å². The molecule has 0 unspecified atom stereocenters. The number of aromatic nitrogens is 5. The number of hydrogen-bond acceptors (Lipinski definition) is 2. The van der Waals surface area contributed by atoms with Crippen molar-refractivity contribution in [3.63, 3.8) is 0 Å². The number of nitriles is 2. The maximum absolute atomic E-state index is 12.6. The van der Waals surface area contributed by atoms with Crippen molar-refractivity contribution in [3.8, 4) is 40.6 Å². The molecule has 0 fully saturated rings. The van der Waals surface area contributed by atoms with E-state index in [-0.39, 0.29) is 0 Å². The van der Waals surface area contributed by atoms with Crippen molar-refractivity contribution < 1.29 is 0 Å². The summed E-state index contributed by atoms with van der Waals surface area (Å²) in [7, 11) is 0. The Hall–Kier alpha value is -10.6. The zero-order valence-corrected chi connectivity index (χ0v) is 40.1. The monoisotopic (exact) mass is 953 g/mol. The van der Waals surface area contributed by atoms with E-state index in [4.69, 9.17) is 0 Å². The van der Waals surface area contributed by atoms with Crippen LogP contribution in [0.3, 0.4) is 0 Å². The average molecular weight is 954 g/mol. The summed E-state index contributed by atoms with van der Waals surface area (Å²) >= 11 is 0. The van der Waals surface area contributed by atoms with Gasteiger partial charge in [-0.25, -0.2) is 0 Å². The molecular weight excluding hydrogens is 915 g/mol. The Balaban J connectivity index is 1.23. The Morgan fingerprint density at radius 1 is 0.227 bits per heavy atom. The minimum atomic E-state index is 0.366. The van der Waals surface area contributed by atoms with Gasteiger partial charge in [-0.2, -0.15) is 10.5 Å². The lowest BCUT2D eigenvalue weighted by molar-refractivity contribution is 1.02. The molecule has 75 heavy (non-hydrogen) atoms. The first-order valence-electron chi connectivity index (χ1n) is 25.2. The van der Waals surface area contributed by atoms with E-state index in [9.17, 15) is 10.5 Å². The van der Waals surface area contributed by atoms with E-state index in [1.54, 1.807) is 0 Å². The molecule has 7 heteroatoms. The molecule has 11 aromatic carbocycles. The Morgan fingerprint density at radius 3 is 0.920 bits per heavy atom. The van der Waals surface area contributed by atoms with Gasteiger partial charge in [-0.1, -0.05) is 170 Å². The van der Waals surface area contributed by atoms with Crippen LogP contribution in [0.4, 0.5) is 0 Å². The van der Waals surface area contributed by atoms with Crippen LogP contribution in [0.2, 0.25) is 0 Å². The molecule has 0 aliphatic carbocycles. The smallest absolute Gasteiger partial charge is 0.104 e. The van der Waals surface area contributed by atoms with E-state index in [1.807, 2.05) is 12.1 Å². The Morgan fingerprint density at radius 2 is 0.520 bits per heavy atom. The van der Waals surface area contributed by atoms with Crippen molar-refractivity contribution in [3.05, 3.63) is 248 Å². The fourth-order valence-electron chi connectivity index (χ4n) is 12.9. The summed E-state index contributed by atoms with van der Waals surface area (Å²) in [5.41, 5.74) is 13.9. The summed E-state index contributed by atoms with van der Waals surface area (Å²) in [5, 5.41) is 35.7. The van der Waals surface area contributed by atoms with Crippen LogP contribution < -0.4 is 0 Å². The van der Waals surface area contributed by atoms with Crippen LogP contribution in [0, 0.1) is 22.7 Å². The third kappa shape index (κ3) is 5.40. The lowest BCUT2D eigenvalue weighted by atomic mass is 9.98. The highest BCUT2D eigenvalue weighted by molar-refractivity contribution is 6.27. The Bertz CT molecular complexity index is 5060. The van der Waals surface area contributed by atoms with E-state index < -0.39 is 0 Å². The first-order valence-corrected chi connectivity index (χ1v) is 25.2. The summed E-state index contributed by atoms with van der Waals surface area (Å²) < 4.78 is 11.5. The molecule has 7 nitrogen and oxygen atoms in total. The highest BCUT2D eigenvalue weighted by atomic mass is 15.1. The maximum atomic E-state index is 12.6. The van der Waals surface area contributed by atoms with Gasteiger partial charge in [-0.15, -0.1) is 0 Å². The molecule has 0 N–H and O–H groups in total. The van der Waals surface area contributed by atoms with E-state index >= 15 is 0 Å². The number of para-hydroxylation sites is 9. The fraction of sp³-hybridized carbons (Fsp3) is 0. The van der Waals surface area contributed by atoms with Crippen LogP contribution in [0.15, 0.2) is 237 Å². The second-order valence-electron chi connectivity index (χ2n) is 19.4. The molecule has 346 valence electrons. The van der Waals surface area contributed by atoms with Gasteiger partial charge in [-0.05, 0) is 66.7 Å². The van der Waals surface area contributed by atoms with Gasteiger partial charge in [0.2, 0.25) is 0 Å². The van der Waals surface area contributed by atoms with Gasteiger partial charge in [0, 0.05) is 59.5 Å². The summed E-state index contributed by atoms with van der Waals surface area (Å²) in [5.74, 6) is 0. The van der Waals surface area contributed by atoms with Gasteiger partial charge in [0.15, 0.2) is 0 Å². The van der Waals surface area contributed by atoms with Crippen molar-refractivity contribution in [1.29, 1.82) is 10.5 Å². The van der Waals surface area contributed by atoms with Gasteiger partial charge in [-0.3, -0.25) is 0 Å². The van der Waals surface area contributed by atoms with Crippen molar-refractivity contribution in [2.45, 2.75) is 0 Å². The molecule has 5 aromatic heterocycles. The third-order valence-electron chi connectivity index (χ3n) is 15.7. The van der Waals surface area contributed by atoms with Crippen LogP contribution in [-0.4, -0.2) is 22.8 Å². The number of benzene rings is 11. The standard InChI is InChI=1S/C68H39N7/c69-40-52-64(72-55-31-13-4-22-43(55)44-23-5-14-32-56(44)72)53(41-70)67(75-61-37-19-11-29-51(61)63-62(75)39-38-50-49-28-10-12-30-54(49)71(65(50)63)42-20-2-1-3-21-42)68(74-59-35-17-8-26-47(59)48-27-9-18-36-60(48)74)66(52)73-57-33-15-6-24-45(57)46-25-7-16-34-58(46)73/h1-39H. The van der Waals surface area contributed by atoms with Crippen LogP contribution in [0.5, 0.6) is 0 Å². The highest BCUT2D eigenvalue weighted by Crippen LogP contribution is 2.50. The van der Waals surface area contributed by atoms with Gasteiger partial charge >= 0.3 is 0 Å². The van der Waals surface area contributed by atoms with Gasteiger partial charge in [0.1, 0.15) is 23.3 Å². The Kier molecular flexibility index (Phi) is 8.46. The predicted molar refractivity (Wildman–Crippen MR) is 308 cm³/mol. The first-order chi connectivity index (χ1) is 37.2. The molecule has 0 bridgehead atoms. The van der Waals surface area contributed by atoms with E-state index in [1.165, 1.54) is 0 Å². The lowest BCUT2D eigenvalue weighted by Gasteiger charge is -2.27. The fourth-order valence-corrected chi connectivity index (χ4v) is 12.9. The molecule has 0 spiro atoms. The molecule has 0 aliphatic rings. The maximum Gasteiger partial charge on any atom is 0.104 e. The summed E-state index contributed by atoms with van der Waals surface area (Å²) in [4.78, 5) is 0. The molecular formula is C68H39N7. The van der Waals surface area contributed by atoms with Gasteiger partial charge in [0.05, 0.1) is 77.9 Å². The summed E-state index contributed by atoms with van der Waals surface area (Å²) in [6, 6.07) is 88.8. The molecule has 16 aromatic rings. The van der Waals surface area contributed by atoms with Crippen molar-refractivity contribution in [2.75, 3.05) is 0 Å². The van der Waals surface area contributed by atoms with Gasteiger partial charge < -0.3 is 22.8 Å². The van der Waals surface area contributed by atoms with E-state index in [0.29, 0.717) is 33.9 Å². The molecule has 0 radical (unpaired) electrons. The van der Waals surface area contributed by atoms with Crippen LogP contribution in [0.1, 0.15) is 11.1 Å². The number of rotatable bonds is 5. The molecule has 16 rings (SSSR count). The minimum Gasteiger partial charge on any atom is -0.309 e. The zero-order chi connectivity index (χ0) is 49.5. The summed E-state index contributed by atoms with van der Waals surface area (Å²) in [6.07, 6.45) is 0. The second kappa shape index (κ2) is 15.5. The Labute approximate surface area is 428 Å². The topological polar surface area (TPSA) is 72.2 Å². The highest BCUT2D eigenvalue weighted by Gasteiger charge is 2.35. The minimum absolute atomic E-state index is 0.366. The molecule has 0 saturated carbocycles. The molecule has 0 saturated heterocycles. The second-order valence-corrected chi connectivity index (χ2v) is 19.4. The van der Waals surface area contributed by atoms with Crippen LogP contribution in [-0.2, 0) is 0 Å². The molecule has 0 amide bonds. The lowest BCUT2D eigenvalue weighted by Crippen LogP contribution is -2.16. The number of nitrogens with zero attached hydrogens (tertiary/aromatic N) is 7. The molecule has 5 heterocycles. The molecule has 0 aliphatic heterocycles. The van der Waals surface area contributed by atoms with E-state index in [0.717, 1.165) is 115 Å². The van der Waals surface area contributed by atoms with Crippen molar-refractivity contribution in [1.82, 2.24) is 22.8 Å². The largest absolute Gasteiger partial charge is 0.309 e. The van der Waals surface area contributed by atoms with E-state index in [2.05, 4.69) is 259 Å². The quantitative estimate of drug-likeness (QED) is 0.172. The zero-order valence-electron chi connectivity index (χ0n) is 40.1. The first kappa shape index (κ1) is 41.1. The predicted octanol–water partition coefficient (Wildman–Crippen LogP) is 16.9. The average Bonchev–Trinajstić information content (AvgIpc) is 4.27. The third-order valence-corrected chi connectivity index (χ3v) is 15.7. The van der Waals surface area contributed by atoms with Crippen LogP contribution in [0.25, 0.3) is 137 Å². The number of hydrogen-bond donors (Lipinski definition) is 0. The normalized spacial score (nSPS) is 12.0. The van der Waals surface area contributed by atoms with Crippen molar-refractivity contribution in [2.24, 2.45) is 0 Å². The van der Waals surface area contributed by atoms with Crippen molar-refractivity contribution >= 4 is 109 Å². The number of fused-ring (bicyclic) bond motifs is 16.